The van der Waals surface area contributed by atoms with Crippen LogP contribution < -0.4 is 4.57 Å². The van der Waals surface area contributed by atoms with Gasteiger partial charge in [0.15, 0.2) is 22.5 Å². The van der Waals surface area contributed by atoms with Crippen molar-refractivity contribution in [2.75, 3.05) is 0 Å². The topological polar surface area (TPSA) is 61.1 Å². The molecule has 0 amide bonds. The number of rotatable bonds is 9. The largest absolute Gasteiger partial charge is 0.741 e. The summed E-state index contributed by atoms with van der Waals surface area (Å²) < 4.78 is 61.2. The smallest absolute Gasteiger partial charge is 0.485 e. The number of halogens is 3. The van der Waals surface area contributed by atoms with E-state index in [0.29, 0.717) is 0 Å². The van der Waals surface area contributed by atoms with E-state index >= 15 is 0 Å². The Balaban J connectivity index is 0.000000609. The normalized spacial score (nSPS) is 11.8. The van der Waals surface area contributed by atoms with E-state index in [9.17, 15) is 13.2 Å². The van der Waals surface area contributed by atoms with Crippen molar-refractivity contribution >= 4 is 10.1 Å². The Morgan fingerprint density at radius 2 is 1.44 bits per heavy atom. The minimum absolute atomic E-state index is 1.18. The Morgan fingerprint density at radius 1 is 0.960 bits per heavy atom. The lowest BCUT2D eigenvalue weighted by molar-refractivity contribution is -0.697. The molecule has 1 rings (SSSR count). The average molecular weight is 383 g/mol. The maximum absolute atomic E-state index is 10.7. The van der Waals surface area contributed by atoms with Gasteiger partial charge in [0.25, 0.3) is 0 Å². The fourth-order valence-corrected chi connectivity index (χ4v) is 2.17. The highest BCUT2D eigenvalue weighted by molar-refractivity contribution is 7.86. The molecule has 1 heterocycles. The van der Waals surface area contributed by atoms with Crippen molar-refractivity contribution in [3.63, 3.8) is 0 Å². The van der Waals surface area contributed by atoms with Crippen molar-refractivity contribution in [1.29, 1.82) is 0 Å². The monoisotopic (exact) mass is 383 g/mol. The number of alkyl halides is 3. The van der Waals surface area contributed by atoms with Crippen molar-refractivity contribution in [1.82, 2.24) is 0 Å². The molecule has 0 fully saturated rings. The molecule has 1 aromatic heterocycles. The third-order valence-electron chi connectivity index (χ3n) is 3.55. The Bertz CT molecular complexity index is 557. The summed E-state index contributed by atoms with van der Waals surface area (Å²) in [6, 6.07) is 4.53. The molecule has 0 aromatic carbocycles. The lowest BCUT2D eigenvalue weighted by Gasteiger charge is -2.08. The minimum atomic E-state index is -6.09. The van der Waals surface area contributed by atoms with Crippen LogP contribution in [0.5, 0.6) is 0 Å². The van der Waals surface area contributed by atoms with Gasteiger partial charge in [-0.15, -0.1) is 0 Å². The molecule has 1 aromatic rings. The molecular weight excluding hydrogens is 355 g/mol. The molecule has 0 aliphatic carbocycles. The first-order chi connectivity index (χ1) is 11.6. The average Bonchev–Trinajstić information content (AvgIpc) is 2.51. The molecule has 4 nitrogen and oxygen atoms in total. The zero-order valence-electron chi connectivity index (χ0n) is 14.9. The molecular formula is C17H28F3NO3S. The molecule has 146 valence electrons. The maximum atomic E-state index is 10.7. The summed E-state index contributed by atoms with van der Waals surface area (Å²) in [5.74, 6) is 0. The zero-order valence-corrected chi connectivity index (χ0v) is 15.7. The number of hydrogen-bond donors (Lipinski definition) is 0. The molecule has 0 unspecified atom stereocenters. The number of unbranched alkanes of at least 4 members (excludes halogenated alkanes) is 5. The molecule has 0 aliphatic rings. The van der Waals surface area contributed by atoms with Crippen LogP contribution in [0.3, 0.4) is 0 Å². The summed E-state index contributed by atoms with van der Waals surface area (Å²) in [5, 5.41) is 0. The van der Waals surface area contributed by atoms with E-state index in [1.165, 1.54) is 63.5 Å². The molecule has 0 atom stereocenters. The molecule has 0 saturated carbocycles. The van der Waals surface area contributed by atoms with Crippen molar-refractivity contribution < 1.29 is 30.7 Å². The molecule has 0 bridgehead atoms. The standard InChI is InChI=1S/C16H28N.CHF3O3S/c1-3-5-6-7-8-9-13-17-14-11-16(10-4-2)12-15-17;2-1(3,4)8(5,6)7/h11-12,14-15H,3-10,13H2,1-2H3;(H,5,6,7)/q+1;/p-1. The molecule has 25 heavy (non-hydrogen) atoms. The van der Waals surface area contributed by atoms with Crippen LogP contribution in [0.1, 0.15) is 64.4 Å². The fraction of sp³-hybridized carbons (Fsp3) is 0.706. The van der Waals surface area contributed by atoms with E-state index in [4.69, 9.17) is 13.0 Å². The maximum Gasteiger partial charge on any atom is 0.485 e. The van der Waals surface area contributed by atoms with E-state index in [-0.39, 0.29) is 0 Å². The number of aryl methyl sites for hydroxylation is 2. The van der Waals surface area contributed by atoms with Gasteiger partial charge in [0.1, 0.15) is 6.54 Å². The van der Waals surface area contributed by atoms with Crippen LogP contribution >= 0.6 is 0 Å². The van der Waals surface area contributed by atoms with E-state index in [0.717, 1.165) is 0 Å². The van der Waals surface area contributed by atoms with Crippen molar-refractivity contribution in [2.24, 2.45) is 0 Å². The third-order valence-corrected chi connectivity index (χ3v) is 4.12. The van der Waals surface area contributed by atoms with Crippen LogP contribution in [0, 0.1) is 0 Å². The van der Waals surface area contributed by atoms with Gasteiger partial charge in [-0.3, -0.25) is 0 Å². The molecule has 0 N–H and O–H groups in total. The van der Waals surface area contributed by atoms with Crippen molar-refractivity contribution in [3.05, 3.63) is 30.1 Å². The van der Waals surface area contributed by atoms with Gasteiger partial charge in [-0.25, -0.2) is 13.0 Å². The first kappa shape index (κ1) is 23.9. The van der Waals surface area contributed by atoms with E-state index in [1.54, 1.807) is 0 Å². The predicted octanol–water partition coefficient (Wildman–Crippen LogP) is 4.34. The summed E-state index contributed by atoms with van der Waals surface area (Å²) in [6.45, 7) is 5.68. The summed E-state index contributed by atoms with van der Waals surface area (Å²) in [4.78, 5) is 0. The SMILES string of the molecule is CCCCCCCC[n+]1ccc(CCC)cc1.O=S(=O)([O-])C(F)(F)F. The second-order valence-corrected chi connectivity index (χ2v) is 7.23. The molecule has 0 aliphatic heterocycles. The number of aromatic nitrogens is 1. The number of pyridine rings is 1. The first-order valence-electron chi connectivity index (χ1n) is 8.62. The fourth-order valence-electron chi connectivity index (χ4n) is 2.17. The summed E-state index contributed by atoms with van der Waals surface area (Å²) in [6.07, 6.45) is 15.2. The quantitative estimate of drug-likeness (QED) is 0.276. The Kier molecular flexibility index (Phi) is 11.7. The van der Waals surface area contributed by atoms with Gasteiger partial charge < -0.3 is 4.55 Å². The van der Waals surface area contributed by atoms with Crippen LogP contribution in [-0.2, 0) is 23.1 Å². The van der Waals surface area contributed by atoms with Gasteiger partial charge in [0.05, 0.1) is 0 Å². The van der Waals surface area contributed by atoms with Crippen LogP contribution in [0.15, 0.2) is 24.5 Å². The van der Waals surface area contributed by atoms with Crippen LogP contribution in [0.2, 0.25) is 0 Å². The van der Waals surface area contributed by atoms with Crippen LogP contribution in [-0.4, -0.2) is 18.5 Å². The molecule has 0 radical (unpaired) electrons. The third kappa shape index (κ3) is 11.9. The Labute approximate surface area is 148 Å². The van der Waals surface area contributed by atoms with Gasteiger partial charge in [-0.1, -0.05) is 46.0 Å². The Morgan fingerprint density at radius 3 is 1.88 bits per heavy atom. The minimum Gasteiger partial charge on any atom is -0.741 e. The number of hydrogen-bond acceptors (Lipinski definition) is 3. The Hall–Kier alpha value is -1.15. The highest BCUT2D eigenvalue weighted by Crippen LogP contribution is 2.20. The summed E-state index contributed by atoms with van der Waals surface area (Å²) in [7, 11) is -6.09. The highest BCUT2D eigenvalue weighted by Gasteiger charge is 2.36. The van der Waals surface area contributed by atoms with Gasteiger partial charge in [-0.2, -0.15) is 13.2 Å². The highest BCUT2D eigenvalue weighted by atomic mass is 32.2. The first-order valence-corrected chi connectivity index (χ1v) is 10.0. The predicted molar refractivity (Wildman–Crippen MR) is 89.8 cm³/mol. The van der Waals surface area contributed by atoms with Gasteiger partial charge in [0, 0.05) is 18.6 Å². The van der Waals surface area contributed by atoms with Gasteiger partial charge >= 0.3 is 5.51 Å². The lowest BCUT2D eigenvalue weighted by Crippen LogP contribution is -2.32. The molecule has 0 saturated heterocycles. The second kappa shape index (κ2) is 12.2. The zero-order chi connectivity index (χ0) is 19.3. The van der Waals surface area contributed by atoms with Crippen LogP contribution in [0.4, 0.5) is 13.2 Å². The van der Waals surface area contributed by atoms with Gasteiger partial charge in [-0.05, 0) is 18.4 Å². The van der Waals surface area contributed by atoms with E-state index in [2.05, 4.69) is 42.9 Å². The molecule has 0 spiro atoms. The van der Waals surface area contributed by atoms with Gasteiger partial charge in [0.2, 0.25) is 0 Å². The lowest BCUT2D eigenvalue weighted by atomic mass is 10.1. The molecule has 8 heteroatoms. The summed E-state index contributed by atoms with van der Waals surface area (Å²) in [5.41, 5.74) is -4.18. The van der Waals surface area contributed by atoms with E-state index in [1.807, 2.05) is 0 Å². The van der Waals surface area contributed by atoms with Crippen LogP contribution in [0.25, 0.3) is 0 Å². The number of nitrogens with zero attached hydrogens (tertiary/aromatic N) is 1. The summed E-state index contributed by atoms with van der Waals surface area (Å²) >= 11 is 0. The van der Waals surface area contributed by atoms with E-state index < -0.39 is 15.6 Å². The second-order valence-electron chi connectivity index (χ2n) is 5.86. The van der Waals surface area contributed by atoms with Crippen molar-refractivity contribution in [3.8, 4) is 0 Å². The van der Waals surface area contributed by atoms with Crippen molar-refractivity contribution in [2.45, 2.75) is 77.3 Å².